The second-order valence-electron chi connectivity index (χ2n) is 4.28. The highest BCUT2D eigenvalue weighted by Crippen LogP contribution is 2.27. The van der Waals surface area contributed by atoms with Crippen LogP contribution in [0.1, 0.15) is 25.3 Å². The number of nitrogens with one attached hydrogen (secondary N) is 1. The van der Waals surface area contributed by atoms with E-state index in [0.29, 0.717) is 0 Å². The van der Waals surface area contributed by atoms with E-state index in [2.05, 4.69) is 4.98 Å². The summed E-state index contributed by atoms with van der Waals surface area (Å²) in [5.74, 6) is -0.879. The molecule has 1 aromatic carbocycles. The van der Waals surface area contributed by atoms with Crippen LogP contribution in [0.15, 0.2) is 30.5 Å². The van der Waals surface area contributed by atoms with Crippen molar-refractivity contribution in [2.45, 2.75) is 25.9 Å². The van der Waals surface area contributed by atoms with E-state index in [9.17, 15) is 9.90 Å². The summed E-state index contributed by atoms with van der Waals surface area (Å²) in [6.45, 7) is 3.81. The van der Waals surface area contributed by atoms with Gasteiger partial charge in [-0.1, -0.05) is 25.1 Å². The number of para-hydroxylation sites is 1. The molecule has 2 N–H and O–H groups in total. The van der Waals surface area contributed by atoms with Crippen molar-refractivity contribution in [3.05, 3.63) is 36.0 Å². The van der Waals surface area contributed by atoms with E-state index in [1.165, 1.54) is 0 Å². The van der Waals surface area contributed by atoms with Crippen molar-refractivity contribution in [3.8, 4) is 0 Å². The molecule has 18 heavy (non-hydrogen) atoms. The van der Waals surface area contributed by atoms with Gasteiger partial charge in [0.25, 0.3) is 0 Å². The minimum absolute atomic E-state index is 0.274. The summed E-state index contributed by atoms with van der Waals surface area (Å²) < 4.78 is 4.84. The number of hydrogen-bond donors (Lipinski definition) is 2. The zero-order valence-electron chi connectivity index (χ0n) is 10.5. The Morgan fingerprint density at radius 3 is 2.89 bits per heavy atom. The number of hydrogen-bond acceptors (Lipinski definition) is 3. The number of esters is 1. The number of carbonyl (C=O) groups is 1. The molecule has 0 spiro atoms. The van der Waals surface area contributed by atoms with Crippen LogP contribution in [0.3, 0.4) is 0 Å². The van der Waals surface area contributed by atoms with E-state index in [4.69, 9.17) is 4.74 Å². The van der Waals surface area contributed by atoms with Crippen LogP contribution in [0.4, 0.5) is 0 Å². The van der Waals surface area contributed by atoms with Crippen LogP contribution in [0.25, 0.3) is 10.9 Å². The molecule has 2 atom stereocenters. The van der Waals surface area contributed by atoms with Crippen LogP contribution < -0.4 is 0 Å². The van der Waals surface area contributed by atoms with E-state index < -0.39 is 12.1 Å². The minimum Gasteiger partial charge on any atom is -0.464 e. The normalized spacial score (nSPS) is 14.4. The van der Waals surface area contributed by atoms with Gasteiger partial charge in [0, 0.05) is 23.0 Å². The van der Waals surface area contributed by atoms with Crippen molar-refractivity contribution in [2.75, 3.05) is 6.61 Å². The fourth-order valence-corrected chi connectivity index (χ4v) is 2.07. The molecule has 0 aliphatic heterocycles. The molecular weight excluding hydrogens is 230 g/mol. The Morgan fingerprint density at radius 1 is 1.44 bits per heavy atom. The third-order valence-electron chi connectivity index (χ3n) is 3.11. The lowest BCUT2D eigenvalue weighted by atomic mass is 9.95. The standard InChI is InChI=1S/C14H17NO3/c1-3-18-14(17)13(16)9(2)11-8-15-12-7-5-4-6-10(11)12/h4-9,13,15-16H,3H2,1-2H3. The number of H-pyrrole nitrogens is 1. The molecule has 0 amide bonds. The predicted octanol–water partition coefficient (Wildman–Crippen LogP) is 2.20. The van der Waals surface area contributed by atoms with Gasteiger partial charge < -0.3 is 14.8 Å². The van der Waals surface area contributed by atoms with Gasteiger partial charge in [0.2, 0.25) is 0 Å². The van der Waals surface area contributed by atoms with E-state index in [1.54, 1.807) is 6.92 Å². The quantitative estimate of drug-likeness (QED) is 0.814. The zero-order chi connectivity index (χ0) is 13.1. The van der Waals surface area contributed by atoms with E-state index >= 15 is 0 Å². The summed E-state index contributed by atoms with van der Waals surface area (Å²) in [6, 6.07) is 7.80. The Balaban J connectivity index is 2.28. The van der Waals surface area contributed by atoms with Crippen molar-refractivity contribution >= 4 is 16.9 Å². The molecule has 4 nitrogen and oxygen atoms in total. The van der Waals surface area contributed by atoms with Crippen molar-refractivity contribution < 1.29 is 14.6 Å². The van der Waals surface area contributed by atoms with Gasteiger partial charge in [-0.15, -0.1) is 0 Å². The number of aliphatic hydroxyl groups is 1. The molecule has 2 aromatic rings. The number of ether oxygens (including phenoxy) is 1. The number of benzene rings is 1. The van der Waals surface area contributed by atoms with Crippen LogP contribution in [-0.2, 0) is 9.53 Å². The average Bonchev–Trinajstić information content (AvgIpc) is 2.81. The summed E-state index contributed by atoms with van der Waals surface area (Å²) in [5, 5.41) is 11.0. The fraction of sp³-hybridized carbons (Fsp3) is 0.357. The Morgan fingerprint density at radius 2 is 2.17 bits per heavy atom. The minimum atomic E-state index is -1.14. The first-order valence-electron chi connectivity index (χ1n) is 6.05. The Labute approximate surface area is 106 Å². The maximum absolute atomic E-state index is 11.5. The molecule has 2 rings (SSSR count). The van der Waals surface area contributed by atoms with E-state index in [0.717, 1.165) is 16.5 Å². The zero-order valence-corrected chi connectivity index (χ0v) is 10.5. The maximum atomic E-state index is 11.5. The number of carbonyl (C=O) groups excluding carboxylic acids is 1. The van der Waals surface area contributed by atoms with Gasteiger partial charge >= 0.3 is 5.97 Å². The van der Waals surface area contributed by atoms with Crippen molar-refractivity contribution in [2.24, 2.45) is 0 Å². The number of aromatic amines is 1. The third kappa shape index (κ3) is 2.24. The summed E-state index contributed by atoms with van der Waals surface area (Å²) in [7, 11) is 0. The number of aromatic nitrogens is 1. The van der Waals surface area contributed by atoms with Gasteiger partial charge in [0.1, 0.15) is 0 Å². The first-order chi connectivity index (χ1) is 8.65. The highest BCUT2D eigenvalue weighted by molar-refractivity contribution is 5.85. The molecule has 1 heterocycles. The first kappa shape index (κ1) is 12.6. The van der Waals surface area contributed by atoms with Crippen molar-refractivity contribution in [1.82, 2.24) is 4.98 Å². The van der Waals surface area contributed by atoms with Gasteiger partial charge in [0.05, 0.1) is 6.61 Å². The lowest BCUT2D eigenvalue weighted by molar-refractivity contribution is -0.154. The second-order valence-corrected chi connectivity index (χ2v) is 4.28. The predicted molar refractivity (Wildman–Crippen MR) is 69.4 cm³/mol. The Kier molecular flexibility index (Phi) is 3.67. The number of aliphatic hydroxyl groups excluding tert-OH is 1. The molecule has 96 valence electrons. The molecule has 0 fully saturated rings. The number of fused-ring (bicyclic) bond motifs is 1. The van der Waals surface area contributed by atoms with Gasteiger partial charge in [-0.3, -0.25) is 0 Å². The molecule has 0 aliphatic carbocycles. The van der Waals surface area contributed by atoms with Crippen LogP contribution in [-0.4, -0.2) is 28.8 Å². The molecule has 0 saturated carbocycles. The highest BCUT2D eigenvalue weighted by Gasteiger charge is 2.26. The third-order valence-corrected chi connectivity index (χ3v) is 3.11. The molecule has 0 radical (unpaired) electrons. The molecule has 2 unspecified atom stereocenters. The summed E-state index contributed by atoms with van der Waals surface area (Å²) in [6.07, 6.45) is 0.696. The SMILES string of the molecule is CCOC(=O)C(O)C(C)c1c[nH]c2ccccc12. The molecule has 0 saturated heterocycles. The molecule has 0 aliphatic rings. The highest BCUT2D eigenvalue weighted by atomic mass is 16.5. The number of rotatable bonds is 4. The summed E-state index contributed by atoms with van der Waals surface area (Å²) in [4.78, 5) is 14.7. The Bertz CT molecular complexity index is 547. The van der Waals surface area contributed by atoms with Gasteiger partial charge in [0.15, 0.2) is 6.10 Å². The van der Waals surface area contributed by atoms with E-state index in [1.807, 2.05) is 37.4 Å². The van der Waals surface area contributed by atoms with Crippen LogP contribution in [0, 0.1) is 0 Å². The summed E-state index contributed by atoms with van der Waals surface area (Å²) in [5.41, 5.74) is 1.92. The summed E-state index contributed by atoms with van der Waals surface area (Å²) >= 11 is 0. The monoisotopic (exact) mass is 247 g/mol. The maximum Gasteiger partial charge on any atom is 0.335 e. The van der Waals surface area contributed by atoms with Crippen molar-refractivity contribution in [3.63, 3.8) is 0 Å². The lowest BCUT2D eigenvalue weighted by Gasteiger charge is -2.16. The van der Waals surface area contributed by atoms with Crippen LogP contribution in [0.5, 0.6) is 0 Å². The topological polar surface area (TPSA) is 62.3 Å². The average molecular weight is 247 g/mol. The molecule has 1 aromatic heterocycles. The Hall–Kier alpha value is -1.81. The lowest BCUT2D eigenvalue weighted by Crippen LogP contribution is -2.28. The fourth-order valence-electron chi connectivity index (χ4n) is 2.07. The first-order valence-corrected chi connectivity index (χ1v) is 6.05. The molecule has 4 heteroatoms. The van der Waals surface area contributed by atoms with Crippen LogP contribution in [0.2, 0.25) is 0 Å². The smallest absolute Gasteiger partial charge is 0.335 e. The van der Waals surface area contributed by atoms with Gasteiger partial charge in [-0.2, -0.15) is 0 Å². The van der Waals surface area contributed by atoms with Crippen LogP contribution >= 0.6 is 0 Å². The van der Waals surface area contributed by atoms with E-state index in [-0.39, 0.29) is 12.5 Å². The largest absolute Gasteiger partial charge is 0.464 e. The van der Waals surface area contributed by atoms with Gasteiger partial charge in [-0.25, -0.2) is 4.79 Å². The van der Waals surface area contributed by atoms with Gasteiger partial charge in [-0.05, 0) is 18.6 Å². The molecule has 0 bridgehead atoms. The van der Waals surface area contributed by atoms with Crippen molar-refractivity contribution in [1.29, 1.82) is 0 Å². The molecular formula is C14H17NO3. The second kappa shape index (κ2) is 5.23.